The molecule has 1 saturated heterocycles. The molecule has 1 amide bonds. The van der Waals surface area contributed by atoms with Gasteiger partial charge in [0.15, 0.2) is 5.13 Å². The smallest absolute Gasteiger partial charge is 0.223 e. The second-order valence-electron chi connectivity index (χ2n) is 6.75. The maximum absolute atomic E-state index is 12.4. The average Bonchev–Trinajstić information content (AvgIpc) is 2.99. The first kappa shape index (κ1) is 16.7. The molecule has 0 aromatic carbocycles. The van der Waals surface area contributed by atoms with Crippen molar-refractivity contribution >= 4 is 22.4 Å². The van der Waals surface area contributed by atoms with Gasteiger partial charge < -0.3 is 15.4 Å². The molecule has 128 valence electrons. The number of ether oxygens (including phenoxy) is 1. The highest BCUT2D eigenvalue weighted by atomic mass is 32.1. The van der Waals surface area contributed by atoms with Gasteiger partial charge in [-0.05, 0) is 18.8 Å². The summed E-state index contributed by atoms with van der Waals surface area (Å²) in [6.07, 6.45) is 9.30. The maximum Gasteiger partial charge on any atom is 0.223 e. The molecule has 1 saturated carbocycles. The van der Waals surface area contributed by atoms with E-state index in [-0.39, 0.29) is 12.0 Å². The molecule has 1 aliphatic heterocycles. The second kappa shape index (κ2) is 8.11. The molecular formula is C17H27N3O2S. The molecule has 3 rings (SSSR count). The Labute approximate surface area is 142 Å². The van der Waals surface area contributed by atoms with Gasteiger partial charge in [-0.25, -0.2) is 4.98 Å². The standard InChI is InChI=1S/C17H27N3O2S/c18-17-19-14(12-23-17)6-7-16(21)20-8-9-22-15(11-20)10-13-4-2-1-3-5-13/h12-13,15H,1-11H2,(H2,18,19)/t15-/m0/s1. The zero-order valence-electron chi connectivity index (χ0n) is 13.7. The number of carbonyl (C=O) groups is 1. The number of thiazole rings is 1. The van der Waals surface area contributed by atoms with Crippen LogP contribution >= 0.6 is 11.3 Å². The summed E-state index contributed by atoms with van der Waals surface area (Å²) < 4.78 is 5.91. The fourth-order valence-corrected chi connectivity index (χ4v) is 4.31. The van der Waals surface area contributed by atoms with Gasteiger partial charge in [0.1, 0.15) is 0 Å². The number of amides is 1. The Balaban J connectivity index is 1.44. The van der Waals surface area contributed by atoms with Crippen molar-refractivity contribution in [2.24, 2.45) is 5.92 Å². The van der Waals surface area contributed by atoms with Crippen molar-refractivity contribution in [3.8, 4) is 0 Å². The van der Waals surface area contributed by atoms with E-state index in [0.717, 1.165) is 31.1 Å². The van der Waals surface area contributed by atoms with E-state index in [4.69, 9.17) is 10.5 Å². The number of morpholine rings is 1. The predicted octanol–water partition coefficient (Wildman–Crippen LogP) is 2.86. The zero-order chi connectivity index (χ0) is 16.1. The van der Waals surface area contributed by atoms with E-state index in [0.29, 0.717) is 24.6 Å². The van der Waals surface area contributed by atoms with Crippen LogP contribution in [-0.4, -0.2) is 41.6 Å². The Morgan fingerprint density at radius 3 is 2.96 bits per heavy atom. The zero-order valence-corrected chi connectivity index (χ0v) is 14.5. The maximum atomic E-state index is 12.4. The molecule has 6 heteroatoms. The second-order valence-corrected chi connectivity index (χ2v) is 7.64. The van der Waals surface area contributed by atoms with Gasteiger partial charge in [-0.3, -0.25) is 4.79 Å². The van der Waals surface area contributed by atoms with Crippen molar-refractivity contribution in [1.29, 1.82) is 0 Å². The van der Waals surface area contributed by atoms with E-state index in [2.05, 4.69) is 4.98 Å². The molecule has 23 heavy (non-hydrogen) atoms. The largest absolute Gasteiger partial charge is 0.375 e. The molecule has 0 unspecified atom stereocenters. The highest BCUT2D eigenvalue weighted by Gasteiger charge is 2.27. The van der Waals surface area contributed by atoms with Crippen LogP contribution in [0.15, 0.2) is 5.38 Å². The average molecular weight is 337 g/mol. The molecule has 0 spiro atoms. The van der Waals surface area contributed by atoms with Crippen LogP contribution in [0.5, 0.6) is 0 Å². The summed E-state index contributed by atoms with van der Waals surface area (Å²) in [5, 5.41) is 2.51. The summed E-state index contributed by atoms with van der Waals surface area (Å²) in [6, 6.07) is 0. The molecule has 2 fully saturated rings. The fourth-order valence-electron chi connectivity index (χ4n) is 3.71. The minimum atomic E-state index is 0.216. The minimum Gasteiger partial charge on any atom is -0.375 e. The molecule has 1 aromatic heterocycles. The highest BCUT2D eigenvalue weighted by molar-refractivity contribution is 7.13. The van der Waals surface area contributed by atoms with Crippen LogP contribution in [0.3, 0.4) is 0 Å². The lowest BCUT2D eigenvalue weighted by Crippen LogP contribution is -2.46. The number of anilines is 1. The number of aryl methyl sites for hydroxylation is 1. The predicted molar refractivity (Wildman–Crippen MR) is 92.4 cm³/mol. The Hall–Kier alpha value is -1.14. The topological polar surface area (TPSA) is 68.5 Å². The summed E-state index contributed by atoms with van der Waals surface area (Å²) >= 11 is 1.43. The van der Waals surface area contributed by atoms with Gasteiger partial charge >= 0.3 is 0 Å². The van der Waals surface area contributed by atoms with Crippen LogP contribution in [0.4, 0.5) is 5.13 Å². The molecule has 2 aliphatic rings. The lowest BCUT2D eigenvalue weighted by atomic mass is 9.85. The fraction of sp³-hybridized carbons (Fsp3) is 0.765. The number of aromatic nitrogens is 1. The lowest BCUT2D eigenvalue weighted by molar-refractivity contribution is -0.139. The van der Waals surface area contributed by atoms with Crippen LogP contribution in [0.1, 0.15) is 50.6 Å². The van der Waals surface area contributed by atoms with Gasteiger partial charge in [0.2, 0.25) is 5.91 Å². The van der Waals surface area contributed by atoms with E-state index in [9.17, 15) is 4.79 Å². The quantitative estimate of drug-likeness (QED) is 0.897. The van der Waals surface area contributed by atoms with Gasteiger partial charge in [0.05, 0.1) is 18.4 Å². The van der Waals surface area contributed by atoms with E-state index in [1.165, 1.54) is 43.4 Å². The van der Waals surface area contributed by atoms with Gasteiger partial charge in [0.25, 0.3) is 0 Å². The normalized spacial score (nSPS) is 23.1. The van der Waals surface area contributed by atoms with Crippen molar-refractivity contribution in [3.05, 3.63) is 11.1 Å². The van der Waals surface area contributed by atoms with E-state index >= 15 is 0 Å². The van der Waals surface area contributed by atoms with E-state index in [1.807, 2.05) is 10.3 Å². The molecule has 2 heterocycles. The SMILES string of the molecule is Nc1nc(CCC(=O)N2CCO[C@@H](CC3CCCCC3)C2)cs1. The molecule has 1 aromatic rings. The summed E-state index contributed by atoms with van der Waals surface area (Å²) in [7, 11) is 0. The van der Waals surface area contributed by atoms with Crippen LogP contribution in [-0.2, 0) is 16.0 Å². The summed E-state index contributed by atoms with van der Waals surface area (Å²) in [5.74, 6) is 1.01. The van der Waals surface area contributed by atoms with E-state index in [1.54, 1.807) is 0 Å². The van der Waals surface area contributed by atoms with Crippen LogP contribution in [0.2, 0.25) is 0 Å². The third-order valence-electron chi connectivity index (χ3n) is 4.98. The minimum absolute atomic E-state index is 0.216. The number of carbonyl (C=O) groups excluding carboxylic acids is 1. The van der Waals surface area contributed by atoms with Crippen LogP contribution in [0.25, 0.3) is 0 Å². The first-order valence-electron chi connectivity index (χ1n) is 8.80. The number of nitrogens with zero attached hydrogens (tertiary/aromatic N) is 2. The molecule has 0 radical (unpaired) electrons. The van der Waals surface area contributed by atoms with Gasteiger partial charge in [0, 0.05) is 24.9 Å². The number of rotatable bonds is 5. The number of hydrogen-bond donors (Lipinski definition) is 1. The highest BCUT2D eigenvalue weighted by Crippen LogP contribution is 2.29. The van der Waals surface area contributed by atoms with Gasteiger partial charge in [-0.2, -0.15) is 0 Å². The number of nitrogens with two attached hydrogens (primary N) is 1. The van der Waals surface area contributed by atoms with Gasteiger partial charge in [-0.15, -0.1) is 11.3 Å². The first-order valence-corrected chi connectivity index (χ1v) is 9.68. The third-order valence-corrected chi connectivity index (χ3v) is 5.70. The molecule has 2 N–H and O–H groups in total. The third kappa shape index (κ3) is 4.91. The molecule has 1 aliphatic carbocycles. The lowest BCUT2D eigenvalue weighted by Gasteiger charge is -2.35. The summed E-state index contributed by atoms with van der Waals surface area (Å²) in [6.45, 7) is 2.15. The number of hydrogen-bond acceptors (Lipinski definition) is 5. The number of nitrogen functional groups attached to an aromatic ring is 1. The molecule has 1 atom stereocenters. The van der Waals surface area contributed by atoms with Gasteiger partial charge in [-0.1, -0.05) is 32.1 Å². The van der Waals surface area contributed by atoms with Crippen molar-refractivity contribution in [2.45, 2.75) is 57.5 Å². The van der Waals surface area contributed by atoms with Crippen molar-refractivity contribution in [3.63, 3.8) is 0 Å². The van der Waals surface area contributed by atoms with Crippen molar-refractivity contribution in [2.75, 3.05) is 25.4 Å². The monoisotopic (exact) mass is 337 g/mol. The Morgan fingerprint density at radius 2 is 2.22 bits per heavy atom. The van der Waals surface area contributed by atoms with Crippen molar-refractivity contribution < 1.29 is 9.53 Å². The molecule has 0 bridgehead atoms. The summed E-state index contributed by atoms with van der Waals surface area (Å²) in [4.78, 5) is 18.6. The van der Waals surface area contributed by atoms with Crippen molar-refractivity contribution in [1.82, 2.24) is 9.88 Å². The van der Waals surface area contributed by atoms with Crippen LogP contribution < -0.4 is 5.73 Å². The Morgan fingerprint density at radius 1 is 1.39 bits per heavy atom. The summed E-state index contributed by atoms with van der Waals surface area (Å²) in [5.41, 5.74) is 6.55. The first-order chi connectivity index (χ1) is 11.2. The van der Waals surface area contributed by atoms with Crippen LogP contribution in [0, 0.1) is 5.92 Å². The Kier molecular flexibility index (Phi) is 5.89. The van der Waals surface area contributed by atoms with E-state index < -0.39 is 0 Å². The molecular weight excluding hydrogens is 310 g/mol. The molecule has 5 nitrogen and oxygen atoms in total. The Bertz CT molecular complexity index is 514.